The van der Waals surface area contributed by atoms with E-state index < -0.39 is 5.54 Å². The molecule has 0 aromatic heterocycles. The highest BCUT2D eigenvalue weighted by atomic mass is 35.5. The van der Waals surface area contributed by atoms with Crippen LogP contribution in [-0.2, 0) is 11.3 Å². The van der Waals surface area contributed by atoms with Gasteiger partial charge in [-0.05, 0) is 43.4 Å². The molecule has 1 fully saturated rings. The molecule has 0 unspecified atom stereocenters. The number of imide groups is 1. The summed E-state index contributed by atoms with van der Waals surface area (Å²) >= 11 is 11.9. The van der Waals surface area contributed by atoms with Crippen molar-refractivity contribution in [2.75, 3.05) is 0 Å². The Bertz CT molecular complexity index is 604. The zero-order valence-electron chi connectivity index (χ0n) is 13.0. The minimum atomic E-state index is -0.822. The fourth-order valence-electron chi connectivity index (χ4n) is 2.46. The summed E-state index contributed by atoms with van der Waals surface area (Å²) in [6.07, 6.45) is 1.51. The molecule has 3 amide bonds. The van der Waals surface area contributed by atoms with Crippen LogP contribution in [0, 0.1) is 5.92 Å². The van der Waals surface area contributed by atoms with Gasteiger partial charge in [0.2, 0.25) is 0 Å². The second-order valence-electron chi connectivity index (χ2n) is 6.33. The number of halogens is 2. The van der Waals surface area contributed by atoms with E-state index >= 15 is 0 Å². The SMILES string of the molecule is CC(C)CC[C@@]1(C)NC(=O)N(Cc2ccc(Cl)c(Cl)c2)C1=O. The number of hydrogen-bond donors (Lipinski definition) is 1. The van der Waals surface area contributed by atoms with Gasteiger partial charge in [0.15, 0.2) is 0 Å². The zero-order chi connectivity index (χ0) is 16.5. The van der Waals surface area contributed by atoms with Gasteiger partial charge in [0.05, 0.1) is 16.6 Å². The van der Waals surface area contributed by atoms with Gasteiger partial charge in [0.25, 0.3) is 5.91 Å². The third-order valence-electron chi connectivity index (χ3n) is 3.89. The number of carbonyl (C=O) groups is 2. The summed E-state index contributed by atoms with van der Waals surface area (Å²) < 4.78 is 0. The Morgan fingerprint density at radius 2 is 1.91 bits per heavy atom. The predicted octanol–water partition coefficient (Wildman–Crippen LogP) is 4.24. The summed E-state index contributed by atoms with van der Waals surface area (Å²) in [7, 11) is 0. The van der Waals surface area contributed by atoms with Gasteiger partial charge in [-0.25, -0.2) is 4.79 Å². The van der Waals surface area contributed by atoms with Crippen molar-refractivity contribution < 1.29 is 9.59 Å². The van der Waals surface area contributed by atoms with Gasteiger partial charge >= 0.3 is 6.03 Å². The number of nitrogens with zero attached hydrogens (tertiary/aromatic N) is 1. The molecular weight excluding hydrogens is 323 g/mol. The van der Waals surface area contributed by atoms with Crippen LogP contribution < -0.4 is 5.32 Å². The molecule has 1 aromatic rings. The molecule has 1 N–H and O–H groups in total. The largest absolute Gasteiger partial charge is 0.325 e. The van der Waals surface area contributed by atoms with Crippen molar-refractivity contribution >= 4 is 35.1 Å². The average molecular weight is 343 g/mol. The van der Waals surface area contributed by atoms with Crippen LogP contribution in [-0.4, -0.2) is 22.4 Å². The van der Waals surface area contributed by atoms with Crippen LogP contribution in [0.2, 0.25) is 10.0 Å². The quantitative estimate of drug-likeness (QED) is 0.813. The maximum absolute atomic E-state index is 12.6. The van der Waals surface area contributed by atoms with E-state index in [2.05, 4.69) is 19.2 Å². The molecule has 4 nitrogen and oxygen atoms in total. The summed E-state index contributed by atoms with van der Waals surface area (Å²) in [5, 5.41) is 3.67. The maximum atomic E-state index is 12.6. The zero-order valence-corrected chi connectivity index (χ0v) is 14.5. The van der Waals surface area contributed by atoms with Crippen LogP contribution in [0.1, 0.15) is 39.2 Å². The molecule has 2 rings (SSSR count). The third kappa shape index (κ3) is 3.55. The highest BCUT2D eigenvalue weighted by Crippen LogP contribution is 2.28. The van der Waals surface area contributed by atoms with Gasteiger partial charge in [-0.1, -0.05) is 43.1 Å². The van der Waals surface area contributed by atoms with Crippen LogP contribution in [0.3, 0.4) is 0 Å². The molecule has 22 heavy (non-hydrogen) atoms. The number of urea groups is 1. The molecule has 1 saturated heterocycles. The molecule has 0 aliphatic carbocycles. The Hall–Kier alpha value is -1.26. The van der Waals surface area contributed by atoms with Crippen molar-refractivity contribution in [3.05, 3.63) is 33.8 Å². The van der Waals surface area contributed by atoms with Crippen LogP contribution in [0.5, 0.6) is 0 Å². The Kier molecular flexibility index (Phi) is 5.03. The minimum Gasteiger partial charge on any atom is -0.323 e. The lowest BCUT2D eigenvalue weighted by Gasteiger charge is -2.22. The van der Waals surface area contributed by atoms with Gasteiger partial charge < -0.3 is 5.32 Å². The van der Waals surface area contributed by atoms with Crippen LogP contribution in [0.4, 0.5) is 4.79 Å². The molecule has 120 valence electrons. The van der Waals surface area contributed by atoms with Crippen LogP contribution in [0.25, 0.3) is 0 Å². The summed E-state index contributed by atoms with van der Waals surface area (Å²) in [5.74, 6) is 0.287. The molecule has 0 radical (unpaired) electrons. The Labute approximate surface area is 140 Å². The van der Waals surface area contributed by atoms with Crippen molar-refractivity contribution in [3.8, 4) is 0 Å². The number of nitrogens with one attached hydrogen (secondary N) is 1. The second kappa shape index (κ2) is 6.47. The second-order valence-corrected chi connectivity index (χ2v) is 7.15. The lowest BCUT2D eigenvalue weighted by Crippen LogP contribution is -2.44. The lowest BCUT2D eigenvalue weighted by molar-refractivity contribution is -0.131. The van der Waals surface area contributed by atoms with Gasteiger partial charge in [-0.15, -0.1) is 0 Å². The lowest BCUT2D eigenvalue weighted by atomic mass is 9.92. The molecular formula is C16H20Cl2N2O2. The smallest absolute Gasteiger partial charge is 0.323 e. The average Bonchev–Trinajstić information content (AvgIpc) is 2.65. The van der Waals surface area contributed by atoms with E-state index in [-0.39, 0.29) is 18.5 Å². The normalized spacial score (nSPS) is 21.6. The highest BCUT2D eigenvalue weighted by Gasteiger charge is 2.47. The molecule has 1 atom stereocenters. The Balaban J connectivity index is 2.13. The van der Waals surface area contributed by atoms with E-state index in [0.29, 0.717) is 22.4 Å². The first kappa shape index (κ1) is 17.1. The summed E-state index contributed by atoms with van der Waals surface area (Å²) in [6.45, 7) is 6.17. The van der Waals surface area contributed by atoms with Crippen LogP contribution in [0.15, 0.2) is 18.2 Å². The number of hydrogen-bond acceptors (Lipinski definition) is 2. The highest BCUT2D eigenvalue weighted by molar-refractivity contribution is 6.42. The van der Waals surface area contributed by atoms with E-state index in [9.17, 15) is 9.59 Å². The van der Waals surface area contributed by atoms with E-state index in [4.69, 9.17) is 23.2 Å². The molecule has 6 heteroatoms. The van der Waals surface area contributed by atoms with E-state index in [1.807, 2.05) is 0 Å². The number of benzene rings is 1. The van der Waals surface area contributed by atoms with Gasteiger partial charge in [0, 0.05) is 0 Å². The Morgan fingerprint density at radius 1 is 1.23 bits per heavy atom. The van der Waals surface area contributed by atoms with Crippen molar-refractivity contribution in [1.82, 2.24) is 10.2 Å². The standard InChI is InChI=1S/C16H20Cl2N2O2/c1-10(2)6-7-16(3)14(21)20(15(22)19-16)9-11-4-5-12(17)13(18)8-11/h4-5,8,10H,6-7,9H2,1-3H3,(H,19,22)/t16-/m1/s1. The van der Waals surface area contributed by atoms with Crippen molar-refractivity contribution in [2.45, 2.75) is 45.7 Å². The van der Waals surface area contributed by atoms with E-state index in [1.165, 1.54) is 4.90 Å². The maximum Gasteiger partial charge on any atom is 0.325 e. The number of carbonyl (C=O) groups excluding carboxylic acids is 2. The molecule has 0 bridgehead atoms. The monoisotopic (exact) mass is 342 g/mol. The van der Waals surface area contributed by atoms with Crippen molar-refractivity contribution in [2.24, 2.45) is 5.92 Å². The van der Waals surface area contributed by atoms with Crippen molar-refractivity contribution in [1.29, 1.82) is 0 Å². The molecule has 1 aromatic carbocycles. The van der Waals surface area contributed by atoms with E-state index in [0.717, 1.165) is 12.0 Å². The van der Waals surface area contributed by atoms with Crippen LogP contribution >= 0.6 is 23.2 Å². The third-order valence-corrected chi connectivity index (χ3v) is 4.63. The molecule has 1 aliphatic rings. The van der Waals surface area contributed by atoms with Gasteiger partial charge in [-0.3, -0.25) is 9.69 Å². The van der Waals surface area contributed by atoms with Gasteiger partial charge in [-0.2, -0.15) is 0 Å². The summed E-state index contributed by atoms with van der Waals surface area (Å²) in [4.78, 5) is 26.0. The fourth-order valence-corrected chi connectivity index (χ4v) is 2.78. The van der Waals surface area contributed by atoms with E-state index in [1.54, 1.807) is 25.1 Å². The number of amides is 3. The summed E-state index contributed by atoms with van der Waals surface area (Å²) in [5.41, 5.74) is -0.0524. The minimum absolute atomic E-state index is 0.191. The van der Waals surface area contributed by atoms with Crippen molar-refractivity contribution in [3.63, 3.8) is 0 Å². The number of rotatable bonds is 5. The first-order valence-electron chi connectivity index (χ1n) is 7.31. The molecule has 0 spiro atoms. The molecule has 1 heterocycles. The first-order chi connectivity index (χ1) is 10.2. The summed E-state index contributed by atoms with van der Waals surface area (Å²) in [6, 6.07) is 4.74. The predicted molar refractivity (Wildman–Crippen MR) is 88.0 cm³/mol. The topological polar surface area (TPSA) is 49.4 Å². The molecule has 1 aliphatic heterocycles. The first-order valence-corrected chi connectivity index (χ1v) is 8.06. The van der Waals surface area contributed by atoms with Gasteiger partial charge in [0.1, 0.15) is 5.54 Å². The Morgan fingerprint density at radius 3 is 2.50 bits per heavy atom. The molecule has 0 saturated carbocycles. The fraction of sp³-hybridized carbons (Fsp3) is 0.500.